The smallest absolute Gasteiger partial charge is 0.269 e. The summed E-state index contributed by atoms with van der Waals surface area (Å²) in [6.07, 6.45) is 4.14. The van der Waals surface area contributed by atoms with Crippen LogP contribution in [0.15, 0.2) is 35.9 Å². The molecule has 1 heterocycles. The summed E-state index contributed by atoms with van der Waals surface area (Å²) < 4.78 is 0. The highest BCUT2D eigenvalue weighted by Crippen LogP contribution is 2.22. The Balaban J connectivity index is 2.16. The van der Waals surface area contributed by atoms with Crippen LogP contribution in [0.3, 0.4) is 0 Å². The normalized spacial score (nSPS) is 14.1. The molecule has 0 saturated heterocycles. The Bertz CT molecular complexity index is 615. The lowest BCUT2D eigenvalue weighted by Crippen LogP contribution is -2.30. The van der Waals surface area contributed by atoms with Gasteiger partial charge in [0.05, 0.1) is 11.3 Å². The molecule has 0 N–H and O–H groups in total. The highest BCUT2D eigenvalue weighted by molar-refractivity contribution is 6.32. The number of carbonyl (C=O) groups is 2. The maximum atomic E-state index is 12.2. The standard InChI is InChI=1S/C17H17NO2/c1-3-4-5-6-7-14-12-16(19)18(17(14)20)15-10-8-13(2)9-11-15/h8-12H,3-5H2,1-2H3. The fraction of sp³-hybridized carbons (Fsp3) is 0.294. The van der Waals surface area contributed by atoms with Crippen LogP contribution in [0.4, 0.5) is 5.69 Å². The Morgan fingerprint density at radius 3 is 2.50 bits per heavy atom. The SMILES string of the molecule is CCCCC#CC1=CC(=O)N(c2ccc(C)cc2)C1=O. The summed E-state index contributed by atoms with van der Waals surface area (Å²) in [5.74, 6) is 5.10. The molecule has 0 atom stereocenters. The van der Waals surface area contributed by atoms with Crippen LogP contribution in [0, 0.1) is 18.8 Å². The van der Waals surface area contributed by atoms with Crippen LogP contribution >= 0.6 is 0 Å². The van der Waals surface area contributed by atoms with Crippen molar-refractivity contribution in [3.63, 3.8) is 0 Å². The Hall–Kier alpha value is -2.34. The number of carbonyl (C=O) groups excluding carboxylic acids is 2. The first-order valence-corrected chi connectivity index (χ1v) is 6.79. The fourth-order valence-corrected chi connectivity index (χ4v) is 1.92. The van der Waals surface area contributed by atoms with Gasteiger partial charge in [0.25, 0.3) is 11.8 Å². The third-order valence-corrected chi connectivity index (χ3v) is 3.09. The minimum atomic E-state index is -0.331. The van der Waals surface area contributed by atoms with Crippen LogP contribution in [0.2, 0.25) is 0 Å². The van der Waals surface area contributed by atoms with E-state index in [1.165, 1.54) is 11.0 Å². The van der Waals surface area contributed by atoms with Gasteiger partial charge < -0.3 is 0 Å². The van der Waals surface area contributed by atoms with E-state index in [1.54, 1.807) is 12.1 Å². The van der Waals surface area contributed by atoms with E-state index < -0.39 is 0 Å². The first-order valence-electron chi connectivity index (χ1n) is 6.79. The number of anilines is 1. The van der Waals surface area contributed by atoms with E-state index in [-0.39, 0.29) is 17.4 Å². The average Bonchev–Trinajstić information content (AvgIpc) is 2.71. The number of rotatable bonds is 3. The molecule has 0 aromatic heterocycles. The molecule has 2 amide bonds. The summed E-state index contributed by atoms with van der Waals surface area (Å²) in [6, 6.07) is 7.29. The molecule has 0 unspecified atom stereocenters. The lowest BCUT2D eigenvalue weighted by molar-refractivity contribution is -0.120. The molecule has 0 fully saturated rings. The van der Waals surface area contributed by atoms with Crippen LogP contribution in [0.1, 0.15) is 31.7 Å². The van der Waals surface area contributed by atoms with Crippen molar-refractivity contribution in [2.24, 2.45) is 0 Å². The van der Waals surface area contributed by atoms with E-state index in [1.807, 2.05) is 19.1 Å². The molecule has 0 radical (unpaired) electrons. The largest absolute Gasteiger partial charge is 0.274 e. The van der Waals surface area contributed by atoms with Gasteiger partial charge in [-0.25, -0.2) is 4.90 Å². The van der Waals surface area contributed by atoms with Gasteiger partial charge in [-0.05, 0) is 25.5 Å². The predicted molar refractivity (Wildman–Crippen MR) is 79.1 cm³/mol. The molecule has 3 nitrogen and oxygen atoms in total. The molecular weight excluding hydrogens is 250 g/mol. The van der Waals surface area contributed by atoms with Crippen molar-refractivity contribution in [3.8, 4) is 11.8 Å². The van der Waals surface area contributed by atoms with Gasteiger partial charge in [-0.2, -0.15) is 0 Å². The van der Waals surface area contributed by atoms with E-state index in [0.717, 1.165) is 24.8 Å². The second-order valence-electron chi connectivity index (χ2n) is 4.78. The molecule has 1 aromatic rings. The molecule has 0 saturated carbocycles. The molecule has 0 aliphatic carbocycles. The molecule has 2 rings (SSSR count). The van der Waals surface area contributed by atoms with Gasteiger partial charge in [-0.3, -0.25) is 9.59 Å². The number of aryl methyl sites for hydroxylation is 1. The van der Waals surface area contributed by atoms with Crippen molar-refractivity contribution in [2.75, 3.05) is 4.90 Å². The zero-order chi connectivity index (χ0) is 14.5. The highest BCUT2D eigenvalue weighted by atomic mass is 16.2. The number of nitrogens with zero attached hydrogens (tertiary/aromatic N) is 1. The summed E-state index contributed by atoms with van der Waals surface area (Å²) in [7, 11) is 0. The van der Waals surface area contributed by atoms with Gasteiger partial charge in [-0.1, -0.05) is 42.9 Å². The minimum absolute atomic E-state index is 0.284. The number of amides is 2. The zero-order valence-electron chi connectivity index (χ0n) is 11.8. The number of benzene rings is 1. The molecule has 20 heavy (non-hydrogen) atoms. The van der Waals surface area contributed by atoms with Crippen molar-refractivity contribution in [2.45, 2.75) is 33.1 Å². The van der Waals surface area contributed by atoms with Crippen LogP contribution in [-0.2, 0) is 9.59 Å². The van der Waals surface area contributed by atoms with Gasteiger partial charge in [0.15, 0.2) is 0 Å². The summed E-state index contributed by atoms with van der Waals surface area (Å²) in [5, 5.41) is 0. The Morgan fingerprint density at radius 1 is 1.15 bits per heavy atom. The minimum Gasteiger partial charge on any atom is -0.269 e. The monoisotopic (exact) mass is 267 g/mol. The van der Waals surface area contributed by atoms with Gasteiger partial charge in [0.2, 0.25) is 0 Å². The third kappa shape index (κ3) is 2.97. The average molecular weight is 267 g/mol. The number of imide groups is 1. The Morgan fingerprint density at radius 2 is 1.85 bits per heavy atom. The molecule has 1 aliphatic rings. The molecule has 0 bridgehead atoms. The van der Waals surface area contributed by atoms with Gasteiger partial charge >= 0.3 is 0 Å². The quantitative estimate of drug-likeness (QED) is 0.479. The van der Waals surface area contributed by atoms with Crippen molar-refractivity contribution in [3.05, 3.63) is 41.5 Å². The summed E-state index contributed by atoms with van der Waals surface area (Å²) in [6.45, 7) is 4.05. The molecular formula is C17H17NO2. The van der Waals surface area contributed by atoms with Crippen LogP contribution < -0.4 is 4.90 Å². The highest BCUT2D eigenvalue weighted by Gasteiger charge is 2.31. The lowest BCUT2D eigenvalue weighted by atomic mass is 10.2. The topological polar surface area (TPSA) is 37.4 Å². The maximum absolute atomic E-state index is 12.2. The van der Waals surface area contributed by atoms with Gasteiger partial charge in [0, 0.05) is 12.5 Å². The number of hydrogen-bond donors (Lipinski definition) is 0. The third-order valence-electron chi connectivity index (χ3n) is 3.09. The molecule has 0 spiro atoms. The van der Waals surface area contributed by atoms with Crippen molar-refractivity contribution in [1.82, 2.24) is 0 Å². The van der Waals surface area contributed by atoms with Crippen molar-refractivity contribution >= 4 is 17.5 Å². The lowest BCUT2D eigenvalue weighted by Gasteiger charge is -2.14. The van der Waals surface area contributed by atoms with E-state index in [4.69, 9.17) is 0 Å². The van der Waals surface area contributed by atoms with Crippen LogP contribution in [0.5, 0.6) is 0 Å². The summed E-state index contributed by atoms with van der Waals surface area (Å²) in [4.78, 5) is 25.3. The van der Waals surface area contributed by atoms with E-state index in [2.05, 4.69) is 18.8 Å². The molecule has 1 aromatic carbocycles. The van der Waals surface area contributed by atoms with Crippen LogP contribution in [0.25, 0.3) is 0 Å². The molecule has 102 valence electrons. The van der Waals surface area contributed by atoms with Crippen molar-refractivity contribution < 1.29 is 9.59 Å². The van der Waals surface area contributed by atoms with E-state index >= 15 is 0 Å². The maximum Gasteiger partial charge on any atom is 0.274 e. The second kappa shape index (κ2) is 6.21. The summed E-state index contributed by atoms with van der Waals surface area (Å²) in [5.41, 5.74) is 1.96. The Kier molecular flexibility index (Phi) is 4.37. The van der Waals surface area contributed by atoms with Crippen molar-refractivity contribution in [1.29, 1.82) is 0 Å². The first kappa shape index (κ1) is 14.1. The number of unbranched alkanes of at least 4 members (excludes halogenated alkanes) is 2. The van der Waals surface area contributed by atoms with E-state index in [9.17, 15) is 9.59 Å². The zero-order valence-corrected chi connectivity index (χ0v) is 11.8. The molecule has 3 heteroatoms. The predicted octanol–water partition coefficient (Wildman–Crippen LogP) is 2.99. The number of hydrogen-bond acceptors (Lipinski definition) is 2. The van der Waals surface area contributed by atoms with Gasteiger partial charge in [0.1, 0.15) is 0 Å². The Labute approximate surface area is 119 Å². The fourth-order valence-electron chi connectivity index (χ4n) is 1.92. The second-order valence-corrected chi connectivity index (χ2v) is 4.78. The van der Waals surface area contributed by atoms with Gasteiger partial charge in [-0.15, -0.1) is 0 Å². The van der Waals surface area contributed by atoms with E-state index in [0.29, 0.717) is 5.69 Å². The first-order chi connectivity index (χ1) is 9.63. The molecule has 1 aliphatic heterocycles. The van der Waals surface area contributed by atoms with Crippen LogP contribution in [-0.4, -0.2) is 11.8 Å². The summed E-state index contributed by atoms with van der Waals surface area (Å²) >= 11 is 0.